The van der Waals surface area contributed by atoms with Crippen LogP contribution in [-0.2, 0) is 5.41 Å². The first-order chi connectivity index (χ1) is 17.6. The number of nitrogens with zero attached hydrogens (tertiary/aromatic N) is 4. The van der Waals surface area contributed by atoms with Crippen LogP contribution in [0.15, 0.2) is 67.0 Å². The van der Waals surface area contributed by atoms with Gasteiger partial charge in [0.2, 0.25) is 0 Å². The van der Waals surface area contributed by atoms with Crippen molar-refractivity contribution in [3.8, 4) is 11.5 Å². The summed E-state index contributed by atoms with van der Waals surface area (Å²) in [5, 5.41) is 10.2. The Kier molecular flexibility index (Phi) is 8.54. The minimum absolute atomic E-state index is 0.0505. The fourth-order valence-electron chi connectivity index (χ4n) is 4.98. The average Bonchev–Trinajstić information content (AvgIpc) is 2.93. The van der Waals surface area contributed by atoms with E-state index in [9.17, 15) is 9.90 Å². The maximum atomic E-state index is 12.7. The summed E-state index contributed by atoms with van der Waals surface area (Å²) in [5.74, 6) is 1.79. The standard InChI is InChI=1S/C29H36N4O3/c1-3-33(4-2)27(35)23-21-30-28(31-22-23)29(24-10-8-11-25(34)20-24)14-17-32(18-15-29)16-9-19-36-26-12-6-5-7-13-26/h5-8,10-13,20-22,34H,3-4,9,14-19H2,1-2H3. The molecular formula is C29H36N4O3. The van der Waals surface area contributed by atoms with E-state index in [1.54, 1.807) is 23.4 Å². The van der Waals surface area contributed by atoms with Crippen molar-refractivity contribution in [2.75, 3.05) is 39.3 Å². The van der Waals surface area contributed by atoms with Gasteiger partial charge in [-0.2, -0.15) is 0 Å². The van der Waals surface area contributed by atoms with Gasteiger partial charge in [0.1, 0.15) is 17.3 Å². The van der Waals surface area contributed by atoms with E-state index in [0.717, 1.165) is 50.2 Å². The summed E-state index contributed by atoms with van der Waals surface area (Å²) in [4.78, 5) is 26.4. The fourth-order valence-corrected chi connectivity index (χ4v) is 4.98. The quantitative estimate of drug-likeness (QED) is 0.423. The van der Waals surface area contributed by atoms with Gasteiger partial charge in [0.15, 0.2) is 0 Å². The van der Waals surface area contributed by atoms with Crippen molar-refractivity contribution in [3.63, 3.8) is 0 Å². The van der Waals surface area contributed by atoms with Gasteiger partial charge < -0.3 is 19.6 Å². The van der Waals surface area contributed by atoms with Crippen molar-refractivity contribution in [1.29, 1.82) is 0 Å². The molecule has 0 spiro atoms. The fraction of sp³-hybridized carbons (Fsp3) is 0.414. The van der Waals surface area contributed by atoms with Crippen LogP contribution in [-0.4, -0.2) is 70.1 Å². The third-order valence-corrected chi connectivity index (χ3v) is 7.12. The largest absolute Gasteiger partial charge is 0.508 e. The molecule has 0 bridgehead atoms. The predicted octanol–water partition coefficient (Wildman–Crippen LogP) is 4.52. The molecule has 1 aliphatic rings. The predicted molar refractivity (Wildman–Crippen MR) is 140 cm³/mol. The number of likely N-dealkylation sites (tertiary alicyclic amines) is 1. The van der Waals surface area contributed by atoms with Crippen LogP contribution in [0, 0.1) is 0 Å². The van der Waals surface area contributed by atoms with Gasteiger partial charge in [0.05, 0.1) is 17.6 Å². The van der Waals surface area contributed by atoms with Gasteiger partial charge >= 0.3 is 0 Å². The molecule has 2 aromatic carbocycles. The zero-order chi connectivity index (χ0) is 25.4. The van der Waals surface area contributed by atoms with Crippen LogP contribution < -0.4 is 4.74 Å². The Labute approximate surface area is 213 Å². The Morgan fingerprint density at radius 3 is 2.36 bits per heavy atom. The lowest BCUT2D eigenvalue weighted by Crippen LogP contribution is -2.44. The van der Waals surface area contributed by atoms with Crippen molar-refractivity contribution in [3.05, 3.63) is 83.9 Å². The van der Waals surface area contributed by atoms with E-state index in [-0.39, 0.29) is 11.7 Å². The molecule has 1 aliphatic heterocycles. The molecule has 0 saturated carbocycles. The highest BCUT2D eigenvalue weighted by molar-refractivity contribution is 5.93. The van der Waals surface area contributed by atoms with Gasteiger partial charge in [-0.15, -0.1) is 0 Å². The Hall–Kier alpha value is -3.45. The number of piperidine rings is 1. The van der Waals surface area contributed by atoms with E-state index in [4.69, 9.17) is 14.7 Å². The lowest BCUT2D eigenvalue weighted by Gasteiger charge is -2.41. The number of hydrogen-bond donors (Lipinski definition) is 1. The minimum Gasteiger partial charge on any atom is -0.508 e. The maximum absolute atomic E-state index is 12.7. The SMILES string of the molecule is CCN(CC)C(=O)c1cnc(C2(c3cccc(O)c3)CCN(CCCOc3ccccc3)CC2)nc1. The second-order valence-corrected chi connectivity index (χ2v) is 9.26. The summed E-state index contributed by atoms with van der Waals surface area (Å²) in [7, 11) is 0. The van der Waals surface area contributed by atoms with Crippen LogP contribution in [0.1, 0.15) is 54.9 Å². The van der Waals surface area contributed by atoms with Crippen molar-refractivity contribution in [2.45, 2.75) is 38.5 Å². The number of hydrogen-bond acceptors (Lipinski definition) is 6. The molecule has 3 aromatic rings. The molecule has 0 radical (unpaired) electrons. The van der Waals surface area contributed by atoms with Crippen LogP contribution in [0.3, 0.4) is 0 Å². The van der Waals surface area contributed by atoms with Crippen LogP contribution in [0.2, 0.25) is 0 Å². The van der Waals surface area contributed by atoms with Crippen LogP contribution in [0.4, 0.5) is 0 Å². The Morgan fingerprint density at radius 1 is 1.03 bits per heavy atom. The summed E-state index contributed by atoms with van der Waals surface area (Å²) in [6, 6.07) is 17.3. The summed E-state index contributed by atoms with van der Waals surface area (Å²) in [6.45, 7) is 8.66. The Morgan fingerprint density at radius 2 is 1.72 bits per heavy atom. The molecule has 7 nitrogen and oxygen atoms in total. The number of amides is 1. The molecular weight excluding hydrogens is 452 g/mol. The van der Waals surface area contributed by atoms with Crippen LogP contribution >= 0.6 is 0 Å². The molecule has 1 N–H and O–H groups in total. The first-order valence-corrected chi connectivity index (χ1v) is 12.9. The van der Waals surface area contributed by atoms with Gasteiger partial charge in [-0.05, 0) is 76.0 Å². The lowest BCUT2D eigenvalue weighted by atomic mass is 9.72. The monoisotopic (exact) mass is 488 g/mol. The second-order valence-electron chi connectivity index (χ2n) is 9.26. The molecule has 4 rings (SSSR count). The number of carbonyl (C=O) groups is 1. The van der Waals surface area contributed by atoms with Crippen molar-refractivity contribution >= 4 is 5.91 Å². The van der Waals surface area contributed by atoms with E-state index in [0.29, 0.717) is 31.1 Å². The highest BCUT2D eigenvalue weighted by Crippen LogP contribution is 2.41. The van der Waals surface area contributed by atoms with Gasteiger partial charge in [0, 0.05) is 32.0 Å². The molecule has 2 heterocycles. The zero-order valence-electron chi connectivity index (χ0n) is 21.3. The molecule has 0 aliphatic carbocycles. The molecule has 1 saturated heterocycles. The normalized spacial score (nSPS) is 15.4. The number of ether oxygens (including phenoxy) is 1. The molecule has 0 unspecified atom stereocenters. The summed E-state index contributed by atoms with van der Waals surface area (Å²) in [6.07, 6.45) is 5.92. The molecule has 190 valence electrons. The highest BCUT2D eigenvalue weighted by Gasteiger charge is 2.40. The van der Waals surface area contributed by atoms with Crippen molar-refractivity contribution in [1.82, 2.24) is 19.8 Å². The van der Waals surface area contributed by atoms with Gasteiger partial charge in [0.25, 0.3) is 5.91 Å². The van der Waals surface area contributed by atoms with Crippen LogP contribution in [0.5, 0.6) is 11.5 Å². The Balaban J connectivity index is 1.46. The molecule has 1 aromatic heterocycles. The highest BCUT2D eigenvalue weighted by atomic mass is 16.5. The number of rotatable bonds is 10. The third-order valence-electron chi connectivity index (χ3n) is 7.12. The number of aromatic nitrogens is 2. The van der Waals surface area contributed by atoms with Crippen molar-refractivity contribution < 1.29 is 14.6 Å². The molecule has 0 atom stereocenters. The van der Waals surface area contributed by atoms with Crippen LogP contribution in [0.25, 0.3) is 0 Å². The topological polar surface area (TPSA) is 78.8 Å². The first kappa shape index (κ1) is 25.6. The molecule has 1 fully saturated rings. The van der Waals surface area contributed by atoms with Crippen molar-refractivity contribution in [2.24, 2.45) is 0 Å². The Bertz CT molecular complexity index is 1110. The summed E-state index contributed by atoms with van der Waals surface area (Å²) in [5.41, 5.74) is 1.11. The molecule has 7 heteroatoms. The summed E-state index contributed by atoms with van der Waals surface area (Å²) >= 11 is 0. The molecule has 36 heavy (non-hydrogen) atoms. The third kappa shape index (κ3) is 5.85. The minimum atomic E-state index is -0.410. The first-order valence-electron chi connectivity index (χ1n) is 12.9. The average molecular weight is 489 g/mol. The van der Waals surface area contributed by atoms with E-state index < -0.39 is 5.41 Å². The van der Waals surface area contributed by atoms with Gasteiger partial charge in [-0.25, -0.2) is 9.97 Å². The van der Waals surface area contributed by atoms with Gasteiger partial charge in [-0.3, -0.25) is 4.79 Å². The zero-order valence-corrected chi connectivity index (χ0v) is 21.3. The number of phenolic OH excluding ortho intramolecular Hbond substituents is 1. The molecule has 1 amide bonds. The smallest absolute Gasteiger partial charge is 0.256 e. The van der Waals surface area contributed by atoms with Gasteiger partial charge in [-0.1, -0.05) is 30.3 Å². The number of para-hydroxylation sites is 1. The second kappa shape index (κ2) is 12.0. The van der Waals surface area contributed by atoms with E-state index in [1.165, 1.54) is 0 Å². The van der Waals surface area contributed by atoms with E-state index >= 15 is 0 Å². The number of aromatic hydroxyl groups is 1. The number of phenols is 1. The lowest BCUT2D eigenvalue weighted by molar-refractivity contribution is 0.0771. The van der Waals surface area contributed by atoms with E-state index in [1.807, 2.05) is 62.4 Å². The maximum Gasteiger partial charge on any atom is 0.256 e. The number of carbonyl (C=O) groups excluding carboxylic acids is 1. The number of benzene rings is 2. The summed E-state index contributed by atoms with van der Waals surface area (Å²) < 4.78 is 5.85. The van der Waals surface area contributed by atoms with E-state index in [2.05, 4.69) is 4.90 Å².